The van der Waals surface area contributed by atoms with E-state index < -0.39 is 57.5 Å². The first-order valence-electron chi connectivity index (χ1n) is 11.5. The number of fused-ring (bicyclic) bond motifs is 1. The molecule has 1 aromatic heterocycles. The van der Waals surface area contributed by atoms with E-state index in [0.29, 0.717) is 11.3 Å². The number of amides is 1. The highest BCUT2D eigenvalue weighted by Crippen LogP contribution is 2.42. The Morgan fingerprint density at radius 1 is 1.28 bits per heavy atom. The minimum Gasteiger partial charge on any atom is -0.465 e. The van der Waals surface area contributed by atoms with Crippen molar-refractivity contribution in [3.63, 3.8) is 0 Å². The van der Waals surface area contributed by atoms with Crippen molar-refractivity contribution in [1.29, 1.82) is 0 Å². The number of halogens is 2. The van der Waals surface area contributed by atoms with Crippen LogP contribution in [-0.2, 0) is 21.3 Å². The lowest BCUT2D eigenvalue weighted by Gasteiger charge is -2.48. The molecule has 13 heteroatoms. The standard InChI is InChI=1S/C23H30F2N4O6S/c1-23(2,3)28(22(31)32)18-8-14(12-35-21(18)15-7-13(24)5-6-17(15)25)27-10-19-16(20(27)11-30)9-26-29(19)36(4,33)34/h5-7,9,14,18,20-21,30H,8,10-12H2,1-4H3,(H,31,32)/t14-,18+,20+,21-/m1/s1. The Morgan fingerprint density at radius 2 is 1.97 bits per heavy atom. The minimum atomic E-state index is -3.68. The maximum atomic E-state index is 14.8. The first-order valence-corrected chi connectivity index (χ1v) is 13.3. The van der Waals surface area contributed by atoms with Crippen LogP contribution >= 0.6 is 0 Å². The topological polar surface area (TPSA) is 125 Å². The predicted molar refractivity (Wildman–Crippen MR) is 125 cm³/mol. The maximum absolute atomic E-state index is 14.8. The zero-order valence-electron chi connectivity index (χ0n) is 20.4. The van der Waals surface area contributed by atoms with Crippen molar-refractivity contribution in [2.75, 3.05) is 19.5 Å². The number of aromatic nitrogens is 2. The van der Waals surface area contributed by atoms with Gasteiger partial charge >= 0.3 is 6.09 Å². The summed E-state index contributed by atoms with van der Waals surface area (Å²) in [5.41, 5.74) is -0.00335. The fourth-order valence-corrected chi connectivity index (χ4v) is 6.14. The van der Waals surface area contributed by atoms with Crippen LogP contribution in [0.2, 0.25) is 0 Å². The molecule has 4 atom stereocenters. The van der Waals surface area contributed by atoms with Crippen molar-refractivity contribution >= 4 is 16.1 Å². The van der Waals surface area contributed by atoms with Crippen molar-refractivity contribution in [3.05, 3.63) is 52.9 Å². The second-order valence-corrected chi connectivity index (χ2v) is 12.0. The highest BCUT2D eigenvalue weighted by atomic mass is 32.2. The number of ether oxygens (including phenoxy) is 1. The van der Waals surface area contributed by atoms with Crippen LogP contribution in [0.3, 0.4) is 0 Å². The zero-order chi connectivity index (χ0) is 26.6. The van der Waals surface area contributed by atoms with Crippen molar-refractivity contribution < 1.29 is 36.9 Å². The number of aliphatic hydroxyl groups excluding tert-OH is 1. The Balaban J connectivity index is 1.72. The quantitative estimate of drug-likeness (QED) is 0.607. The van der Waals surface area contributed by atoms with Crippen LogP contribution in [0.15, 0.2) is 24.4 Å². The molecular weight excluding hydrogens is 498 g/mol. The molecule has 1 amide bonds. The fourth-order valence-electron chi connectivity index (χ4n) is 5.36. The Labute approximate surface area is 208 Å². The van der Waals surface area contributed by atoms with Gasteiger partial charge in [0.15, 0.2) is 0 Å². The minimum absolute atomic E-state index is 0.0296. The van der Waals surface area contributed by atoms with E-state index in [4.69, 9.17) is 4.74 Å². The molecule has 2 aliphatic rings. The van der Waals surface area contributed by atoms with Gasteiger partial charge in [0, 0.05) is 29.3 Å². The lowest BCUT2D eigenvalue weighted by molar-refractivity contribution is -0.109. The molecule has 0 saturated carbocycles. The lowest BCUT2D eigenvalue weighted by Crippen LogP contribution is -2.58. The van der Waals surface area contributed by atoms with Gasteiger partial charge in [-0.1, -0.05) is 0 Å². The Kier molecular flexibility index (Phi) is 6.88. The van der Waals surface area contributed by atoms with E-state index in [-0.39, 0.29) is 31.7 Å². The molecule has 0 spiro atoms. The smallest absolute Gasteiger partial charge is 0.408 e. The van der Waals surface area contributed by atoms with E-state index in [0.717, 1.165) is 28.5 Å². The van der Waals surface area contributed by atoms with Crippen molar-refractivity contribution in [3.8, 4) is 0 Å². The molecule has 198 valence electrons. The molecule has 3 heterocycles. The Bertz CT molecular complexity index is 1260. The molecular formula is C23H30F2N4O6S. The summed E-state index contributed by atoms with van der Waals surface area (Å²) >= 11 is 0. The predicted octanol–water partition coefficient (Wildman–Crippen LogP) is 2.50. The van der Waals surface area contributed by atoms with E-state index >= 15 is 0 Å². The molecule has 10 nitrogen and oxygen atoms in total. The number of rotatable bonds is 5. The molecule has 0 unspecified atom stereocenters. The van der Waals surface area contributed by atoms with E-state index in [1.165, 1.54) is 11.1 Å². The van der Waals surface area contributed by atoms with Gasteiger partial charge in [0.05, 0.1) is 43.4 Å². The van der Waals surface area contributed by atoms with E-state index in [9.17, 15) is 32.2 Å². The number of nitrogens with zero attached hydrogens (tertiary/aromatic N) is 4. The van der Waals surface area contributed by atoms with Crippen LogP contribution < -0.4 is 0 Å². The number of hydrogen-bond acceptors (Lipinski definition) is 7. The average molecular weight is 529 g/mol. The number of hydrogen-bond donors (Lipinski definition) is 2. The van der Waals surface area contributed by atoms with Gasteiger partial charge in [-0.2, -0.15) is 9.19 Å². The largest absolute Gasteiger partial charge is 0.465 e. The van der Waals surface area contributed by atoms with Gasteiger partial charge in [0.2, 0.25) is 0 Å². The van der Waals surface area contributed by atoms with Gasteiger partial charge in [0.25, 0.3) is 10.0 Å². The van der Waals surface area contributed by atoms with Crippen LogP contribution in [0.25, 0.3) is 0 Å². The Morgan fingerprint density at radius 3 is 2.56 bits per heavy atom. The fraction of sp³-hybridized carbons (Fsp3) is 0.565. The van der Waals surface area contributed by atoms with Gasteiger partial charge in [0.1, 0.15) is 17.7 Å². The lowest BCUT2D eigenvalue weighted by atomic mass is 9.88. The van der Waals surface area contributed by atoms with Gasteiger partial charge in [-0.25, -0.2) is 22.0 Å². The molecule has 0 radical (unpaired) electrons. The summed E-state index contributed by atoms with van der Waals surface area (Å²) in [6.45, 7) is 4.94. The molecule has 1 saturated heterocycles. The summed E-state index contributed by atoms with van der Waals surface area (Å²) in [6, 6.07) is 1.04. The highest BCUT2D eigenvalue weighted by Gasteiger charge is 2.47. The highest BCUT2D eigenvalue weighted by molar-refractivity contribution is 7.89. The molecule has 2 N–H and O–H groups in total. The third-order valence-electron chi connectivity index (χ3n) is 6.77. The van der Waals surface area contributed by atoms with Crippen LogP contribution in [-0.4, -0.2) is 80.8 Å². The van der Waals surface area contributed by atoms with Gasteiger partial charge in [-0.3, -0.25) is 9.80 Å². The molecule has 1 aromatic carbocycles. The number of aliphatic hydroxyl groups is 1. The van der Waals surface area contributed by atoms with Gasteiger partial charge in [-0.15, -0.1) is 0 Å². The molecule has 36 heavy (non-hydrogen) atoms. The second-order valence-electron chi connectivity index (χ2n) is 10.2. The summed E-state index contributed by atoms with van der Waals surface area (Å²) < 4.78 is 60.2. The van der Waals surface area contributed by atoms with Crippen molar-refractivity contribution in [2.45, 2.75) is 63.5 Å². The maximum Gasteiger partial charge on any atom is 0.408 e. The van der Waals surface area contributed by atoms with Crippen LogP contribution in [0, 0.1) is 11.6 Å². The van der Waals surface area contributed by atoms with E-state index in [1.807, 2.05) is 4.90 Å². The summed E-state index contributed by atoms with van der Waals surface area (Å²) in [7, 11) is -3.68. The number of carbonyl (C=O) groups is 1. The number of carboxylic acid groups (broad SMARTS) is 1. The third-order valence-corrected chi connectivity index (χ3v) is 7.71. The average Bonchev–Trinajstić information content (AvgIpc) is 3.33. The van der Waals surface area contributed by atoms with E-state index in [2.05, 4.69) is 5.10 Å². The first-order chi connectivity index (χ1) is 16.7. The van der Waals surface area contributed by atoms with Crippen molar-refractivity contribution in [2.24, 2.45) is 0 Å². The molecule has 1 fully saturated rings. The Hall–Kier alpha value is -2.61. The number of benzene rings is 1. The summed E-state index contributed by atoms with van der Waals surface area (Å²) in [6.07, 6.45) is 0.299. The van der Waals surface area contributed by atoms with Crippen LogP contribution in [0.4, 0.5) is 13.6 Å². The van der Waals surface area contributed by atoms with Gasteiger partial charge < -0.3 is 14.9 Å². The molecule has 0 bridgehead atoms. The summed E-state index contributed by atoms with van der Waals surface area (Å²) in [4.78, 5) is 15.4. The summed E-state index contributed by atoms with van der Waals surface area (Å²) in [5, 5.41) is 24.2. The SMILES string of the molecule is CC(C)(C)N(C(=O)O)[C@H]1C[C@@H](N2Cc3c(cnn3S(C)(=O)=O)[C@@H]2CO)CO[C@@H]1c1cc(F)ccc1F. The van der Waals surface area contributed by atoms with E-state index in [1.54, 1.807) is 20.8 Å². The third kappa shape index (κ3) is 4.72. The normalized spacial score (nSPS) is 25.1. The van der Waals surface area contributed by atoms with Crippen LogP contribution in [0.5, 0.6) is 0 Å². The van der Waals surface area contributed by atoms with Crippen molar-refractivity contribution in [1.82, 2.24) is 19.0 Å². The zero-order valence-corrected chi connectivity index (χ0v) is 21.2. The molecule has 2 aromatic rings. The van der Waals surface area contributed by atoms with Gasteiger partial charge in [-0.05, 0) is 45.4 Å². The molecule has 0 aliphatic carbocycles. The molecule has 2 aliphatic heterocycles. The molecule has 4 rings (SSSR count). The van der Waals surface area contributed by atoms with Crippen LogP contribution in [0.1, 0.15) is 56.2 Å². The monoisotopic (exact) mass is 528 g/mol. The first kappa shape index (κ1) is 26.5. The second kappa shape index (κ2) is 9.36. The summed E-state index contributed by atoms with van der Waals surface area (Å²) in [5.74, 6) is -1.38.